The van der Waals surface area contributed by atoms with E-state index in [2.05, 4.69) is 0 Å². The van der Waals surface area contributed by atoms with Gasteiger partial charge in [-0.15, -0.1) is 0 Å². The number of imide groups is 2. The molecule has 19 heavy (non-hydrogen) atoms. The lowest BCUT2D eigenvalue weighted by atomic mass is 10.6. The van der Waals surface area contributed by atoms with Gasteiger partial charge in [-0.2, -0.15) is 0 Å². The predicted octanol–water partition coefficient (Wildman–Crippen LogP) is -2.66. The summed E-state index contributed by atoms with van der Waals surface area (Å²) in [5, 5.41) is 0. The number of ether oxygens (including phenoxy) is 1. The van der Waals surface area contributed by atoms with Crippen LogP contribution in [0.4, 0.5) is 0 Å². The second-order valence-corrected chi connectivity index (χ2v) is 3.68. The van der Waals surface area contributed by atoms with Gasteiger partial charge in [-0.25, -0.2) is 9.80 Å². The fourth-order valence-electron chi connectivity index (χ4n) is 1.59. The standard InChI is InChI=1S/C10H10N4O5/c11-9(13-5(15)1-2-6(13)16)19-10(12)14-7(17)3-4-8(14)18/h1-4,9-10H,11-12H2. The fourth-order valence-corrected chi connectivity index (χ4v) is 1.59. The van der Waals surface area contributed by atoms with Gasteiger partial charge < -0.3 is 4.74 Å². The van der Waals surface area contributed by atoms with Crippen molar-refractivity contribution in [3.05, 3.63) is 24.3 Å². The van der Waals surface area contributed by atoms with Crippen molar-refractivity contribution in [3.63, 3.8) is 0 Å². The Bertz CT molecular complexity index is 444. The van der Waals surface area contributed by atoms with Crippen LogP contribution in [0.15, 0.2) is 24.3 Å². The van der Waals surface area contributed by atoms with E-state index < -0.39 is 36.3 Å². The summed E-state index contributed by atoms with van der Waals surface area (Å²) in [6.07, 6.45) is 1.09. The zero-order valence-electron chi connectivity index (χ0n) is 9.55. The van der Waals surface area contributed by atoms with E-state index in [1.54, 1.807) is 0 Å². The molecule has 0 radical (unpaired) electrons. The number of nitrogens with zero attached hydrogens (tertiary/aromatic N) is 2. The molecule has 2 rings (SSSR count). The second kappa shape index (κ2) is 4.72. The molecule has 4 amide bonds. The molecule has 0 fully saturated rings. The third-order valence-corrected chi connectivity index (χ3v) is 2.47. The molecule has 2 unspecified atom stereocenters. The number of nitrogens with two attached hydrogens (primary N) is 2. The number of carbonyl (C=O) groups is 4. The van der Waals surface area contributed by atoms with Gasteiger partial charge in [0.2, 0.25) is 0 Å². The van der Waals surface area contributed by atoms with Crippen molar-refractivity contribution < 1.29 is 23.9 Å². The van der Waals surface area contributed by atoms with Crippen LogP contribution in [0.5, 0.6) is 0 Å². The zero-order valence-corrected chi connectivity index (χ0v) is 9.55. The first-order chi connectivity index (χ1) is 8.91. The van der Waals surface area contributed by atoms with Gasteiger partial charge in [-0.05, 0) is 0 Å². The maximum Gasteiger partial charge on any atom is 0.256 e. The molecule has 2 aliphatic heterocycles. The molecule has 0 aromatic heterocycles. The molecule has 0 saturated carbocycles. The van der Waals surface area contributed by atoms with Gasteiger partial charge in [0, 0.05) is 24.3 Å². The van der Waals surface area contributed by atoms with Crippen molar-refractivity contribution in [2.24, 2.45) is 11.5 Å². The van der Waals surface area contributed by atoms with Gasteiger partial charge >= 0.3 is 0 Å². The van der Waals surface area contributed by atoms with Crippen LogP contribution in [0.1, 0.15) is 0 Å². The maximum atomic E-state index is 11.3. The first-order valence-electron chi connectivity index (χ1n) is 5.19. The van der Waals surface area contributed by atoms with Gasteiger partial charge in [0.1, 0.15) is 0 Å². The summed E-state index contributed by atoms with van der Waals surface area (Å²) in [6, 6.07) is 0. The predicted molar refractivity (Wildman–Crippen MR) is 59.0 cm³/mol. The monoisotopic (exact) mass is 266 g/mol. The molecule has 0 spiro atoms. The quantitative estimate of drug-likeness (QED) is 0.418. The Kier molecular flexibility index (Phi) is 3.25. The molecule has 9 nitrogen and oxygen atoms in total. The van der Waals surface area contributed by atoms with Gasteiger partial charge in [0.05, 0.1) is 0 Å². The molecule has 2 atom stereocenters. The molecule has 0 saturated heterocycles. The molecule has 0 bridgehead atoms. The van der Waals surface area contributed by atoms with Crippen LogP contribution < -0.4 is 11.5 Å². The number of amides is 4. The molecule has 4 N–H and O–H groups in total. The van der Waals surface area contributed by atoms with Gasteiger partial charge in [0.25, 0.3) is 23.6 Å². The topological polar surface area (TPSA) is 136 Å². The number of carbonyl (C=O) groups excluding carboxylic acids is 4. The first kappa shape index (κ1) is 13.1. The Morgan fingerprint density at radius 2 is 1.00 bits per heavy atom. The Hall–Kier alpha value is -2.36. The molecular formula is C10H10N4O5. The third-order valence-electron chi connectivity index (χ3n) is 2.47. The fraction of sp³-hybridized carbons (Fsp3) is 0.200. The third kappa shape index (κ3) is 2.29. The van der Waals surface area contributed by atoms with Crippen LogP contribution in [-0.4, -0.2) is 46.1 Å². The summed E-state index contributed by atoms with van der Waals surface area (Å²) in [6.45, 7) is 0. The molecular weight excluding hydrogens is 256 g/mol. The summed E-state index contributed by atoms with van der Waals surface area (Å²) in [4.78, 5) is 46.5. The number of rotatable bonds is 4. The summed E-state index contributed by atoms with van der Waals surface area (Å²) >= 11 is 0. The molecule has 2 aliphatic rings. The number of hydrogen-bond donors (Lipinski definition) is 2. The van der Waals surface area contributed by atoms with E-state index in [9.17, 15) is 19.2 Å². The summed E-state index contributed by atoms with van der Waals surface area (Å²) in [7, 11) is 0. The van der Waals surface area contributed by atoms with Crippen LogP contribution in [-0.2, 0) is 23.9 Å². The first-order valence-corrected chi connectivity index (χ1v) is 5.19. The Morgan fingerprint density at radius 3 is 1.26 bits per heavy atom. The molecule has 100 valence electrons. The minimum atomic E-state index is -1.49. The smallest absolute Gasteiger partial charge is 0.256 e. The maximum absolute atomic E-state index is 11.3. The van der Waals surface area contributed by atoms with Gasteiger partial charge in [-0.1, -0.05) is 0 Å². The molecule has 0 aromatic rings. The normalized spacial score (nSPS) is 21.8. The van der Waals surface area contributed by atoms with Crippen molar-refractivity contribution in [1.82, 2.24) is 9.80 Å². The highest BCUT2D eigenvalue weighted by Gasteiger charge is 2.35. The lowest BCUT2D eigenvalue weighted by Gasteiger charge is -2.28. The SMILES string of the molecule is NC(OC(N)N1C(=O)C=CC1=O)N1C(=O)C=CC1=O. The highest BCUT2D eigenvalue weighted by atomic mass is 16.6. The average molecular weight is 266 g/mol. The van der Waals surface area contributed by atoms with E-state index in [1.807, 2.05) is 0 Å². The highest BCUT2D eigenvalue weighted by molar-refractivity contribution is 6.13. The highest BCUT2D eigenvalue weighted by Crippen LogP contribution is 2.11. The molecule has 2 heterocycles. The summed E-state index contributed by atoms with van der Waals surface area (Å²) in [5.74, 6) is -2.66. The van der Waals surface area contributed by atoms with Gasteiger partial charge in [-0.3, -0.25) is 30.6 Å². The Morgan fingerprint density at radius 1 is 0.737 bits per heavy atom. The molecule has 0 aliphatic carbocycles. The lowest BCUT2D eigenvalue weighted by Crippen LogP contribution is -2.56. The molecule has 9 heteroatoms. The largest absolute Gasteiger partial charge is 0.307 e. The summed E-state index contributed by atoms with van der Waals surface area (Å²) < 4.78 is 4.94. The second-order valence-electron chi connectivity index (χ2n) is 3.68. The van der Waals surface area contributed by atoms with E-state index in [0.29, 0.717) is 9.80 Å². The van der Waals surface area contributed by atoms with Crippen LogP contribution in [0.2, 0.25) is 0 Å². The average Bonchev–Trinajstić information content (AvgIpc) is 2.82. The van der Waals surface area contributed by atoms with Crippen molar-refractivity contribution in [2.75, 3.05) is 0 Å². The zero-order chi connectivity index (χ0) is 14.2. The van der Waals surface area contributed by atoms with Crippen LogP contribution in [0, 0.1) is 0 Å². The Balaban J connectivity index is 2.01. The minimum absolute atomic E-state index is 0.609. The van der Waals surface area contributed by atoms with Crippen LogP contribution in [0.3, 0.4) is 0 Å². The molecule has 0 aromatic carbocycles. The van der Waals surface area contributed by atoms with Crippen molar-refractivity contribution >= 4 is 23.6 Å². The van der Waals surface area contributed by atoms with Crippen molar-refractivity contribution in [3.8, 4) is 0 Å². The Labute approximate surface area is 107 Å². The van der Waals surface area contributed by atoms with E-state index in [-0.39, 0.29) is 0 Å². The van der Waals surface area contributed by atoms with E-state index in [1.165, 1.54) is 0 Å². The minimum Gasteiger partial charge on any atom is -0.307 e. The van der Waals surface area contributed by atoms with Crippen molar-refractivity contribution in [1.29, 1.82) is 0 Å². The lowest BCUT2D eigenvalue weighted by molar-refractivity contribution is -0.175. The van der Waals surface area contributed by atoms with Crippen LogP contribution >= 0.6 is 0 Å². The van der Waals surface area contributed by atoms with E-state index >= 15 is 0 Å². The summed E-state index contributed by atoms with van der Waals surface area (Å²) in [5.41, 5.74) is 11.0. The number of hydrogen-bond acceptors (Lipinski definition) is 7. The van der Waals surface area contributed by atoms with Crippen LogP contribution in [0.25, 0.3) is 0 Å². The van der Waals surface area contributed by atoms with E-state index in [4.69, 9.17) is 16.2 Å². The van der Waals surface area contributed by atoms with Crippen molar-refractivity contribution in [2.45, 2.75) is 12.7 Å². The van der Waals surface area contributed by atoms with Gasteiger partial charge in [0.15, 0.2) is 12.7 Å². The van der Waals surface area contributed by atoms with E-state index in [0.717, 1.165) is 24.3 Å².